The van der Waals surface area contributed by atoms with Gasteiger partial charge < -0.3 is 9.47 Å². The Hall–Kier alpha value is -3.91. The maximum Gasteiger partial charge on any atom is 0.338 e. The van der Waals surface area contributed by atoms with Crippen LogP contribution in [0.3, 0.4) is 0 Å². The summed E-state index contributed by atoms with van der Waals surface area (Å²) in [7, 11) is 1.50. The lowest BCUT2D eigenvalue weighted by atomic mass is 10.1. The second-order valence-corrected chi connectivity index (χ2v) is 8.75. The minimum absolute atomic E-state index is 0.106. The lowest BCUT2D eigenvalue weighted by Crippen LogP contribution is -2.31. The Bertz CT molecular complexity index is 1230. The van der Waals surface area contributed by atoms with E-state index in [1.807, 2.05) is 30.3 Å². The zero-order valence-corrected chi connectivity index (χ0v) is 19.1. The molecule has 1 atom stereocenters. The van der Waals surface area contributed by atoms with E-state index in [0.717, 1.165) is 9.80 Å². The molecule has 1 saturated heterocycles. The van der Waals surface area contributed by atoms with Gasteiger partial charge in [0.25, 0.3) is 0 Å². The normalized spacial score (nSPS) is 15.3. The van der Waals surface area contributed by atoms with Gasteiger partial charge in [0, 0.05) is 16.9 Å². The summed E-state index contributed by atoms with van der Waals surface area (Å²) in [6.45, 7) is -0.421. The standard InChI is InChI=1S/C26H21NO6S/c1-32-20-7-5-6-18(14-20)22(28)16-33-26(31)17-10-12-19(13-11-17)27-24(29)15-23(25(27)30)34-21-8-3-2-4-9-21/h2-14,23H,15-16H2,1H3. The van der Waals surface area contributed by atoms with Crippen molar-refractivity contribution < 1.29 is 28.7 Å². The second kappa shape index (κ2) is 10.4. The van der Waals surface area contributed by atoms with E-state index in [0.29, 0.717) is 17.0 Å². The highest BCUT2D eigenvalue weighted by Crippen LogP contribution is 2.33. The Labute approximate surface area is 200 Å². The lowest BCUT2D eigenvalue weighted by molar-refractivity contribution is -0.121. The van der Waals surface area contributed by atoms with Crippen molar-refractivity contribution in [1.29, 1.82) is 0 Å². The molecule has 1 fully saturated rings. The molecule has 1 heterocycles. The molecule has 8 heteroatoms. The van der Waals surface area contributed by atoms with Gasteiger partial charge in [0.1, 0.15) is 5.75 Å². The number of benzene rings is 3. The zero-order chi connectivity index (χ0) is 24.1. The van der Waals surface area contributed by atoms with Crippen LogP contribution in [-0.4, -0.2) is 42.5 Å². The number of hydrogen-bond acceptors (Lipinski definition) is 7. The maximum absolute atomic E-state index is 12.8. The second-order valence-electron chi connectivity index (χ2n) is 7.47. The summed E-state index contributed by atoms with van der Waals surface area (Å²) in [5.41, 5.74) is 0.961. The number of carbonyl (C=O) groups excluding carboxylic acids is 4. The first-order chi connectivity index (χ1) is 16.5. The van der Waals surface area contributed by atoms with Gasteiger partial charge in [-0.3, -0.25) is 14.4 Å². The van der Waals surface area contributed by atoms with E-state index in [1.54, 1.807) is 24.3 Å². The van der Waals surface area contributed by atoms with Crippen LogP contribution in [0.5, 0.6) is 5.75 Å². The summed E-state index contributed by atoms with van der Waals surface area (Å²) in [4.78, 5) is 52.1. The first-order valence-corrected chi connectivity index (χ1v) is 11.4. The number of amides is 2. The van der Waals surface area contributed by atoms with E-state index >= 15 is 0 Å². The molecule has 2 amide bonds. The quantitative estimate of drug-likeness (QED) is 0.275. The molecule has 172 valence electrons. The van der Waals surface area contributed by atoms with E-state index < -0.39 is 17.8 Å². The molecule has 0 spiro atoms. The Kier molecular flexibility index (Phi) is 7.08. The summed E-state index contributed by atoms with van der Waals surface area (Å²) in [5, 5.41) is -0.498. The monoisotopic (exact) mass is 475 g/mol. The highest BCUT2D eigenvalue weighted by Gasteiger charge is 2.40. The number of nitrogens with zero attached hydrogens (tertiary/aromatic N) is 1. The summed E-state index contributed by atoms with van der Waals surface area (Å²) in [5.74, 6) is -1.10. The molecule has 0 aliphatic carbocycles. The number of imide groups is 1. The number of esters is 1. The SMILES string of the molecule is COc1cccc(C(=O)COC(=O)c2ccc(N3C(=O)CC(Sc4ccccc4)C3=O)cc2)c1. The van der Waals surface area contributed by atoms with Crippen LogP contribution >= 0.6 is 11.8 Å². The predicted molar refractivity (Wildman–Crippen MR) is 127 cm³/mol. The van der Waals surface area contributed by atoms with Crippen LogP contribution in [0.4, 0.5) is 5.69 Å². The summed E-state index contributed by atoms with van der Waals surface area (Å²) in [6.07, 6.45) is 0.106. The molecular weight excluding hydrogens is 454 g/mol. The minimum Gasteiger partial charge on any atom is -0.497 e. The van der Waals surface area contributed by atoms with Crippen LogP contribution < -0.4 is 9.64 Å². The van der Waals surface area contributed by atoms with Crippen molar-refractivity contribution in [3.63, 3.8) is 0 Å². The average molecular weight is 476 g/mol. The molecule has 0 aromatic heterocycles. The molecule has 7 nitrogen and oxygen atoms in total. The van der Waals surface area contributed by atoms with Gasteiger partial charge in [-0.05, 0) is 48.5 Å². The Morgan fingerprint density at radius 2 is 1.68 bits per heavy atom. The number of anilines is 1. The molecule has 0 N–H and O–H groups in total. The van der Waals surface area contributed by atoms with Crippen molar-refractivity contribution in [3.05, 3.63) is 90.0 Å². The van der Waals surface area contributed by atoms with Crippen LogP contribution in [0.15, 0.2) is 83.8 Å². The largest absolute Gasteiger partial charge is 0.497 e. The van der Waals surface area contributed by atoms with Crippen molar-refractivity contribution in [3.8, 4) is 5.75 Å². The van der Waals surface area contributed by atoms with Gasteiger partial charge in [-0.2, -0.15) is 0 Å². The first kappa shape index (κ1) is 23.3. The van der Waals surface area contributed by atoms with Crippen molar-refractivity contribution >= 4 is 41.0 Å². The van der Waals surface area contributed by atoms with E-state index in [1.165, 1.54) is 43.1 Å². The zero-order valence-electron chi connectivity index (χ0n) is 18.3. The number of ketones is 1. The molecule has 1 aliphatic rings. The van der Waals surface area contributed by atoms with Crippen LogP contribution in [0, 0.1) is 0 Å². The topological polar surface area (TPSA) is 90.0 Å². The molecule has 0 saturated carbocycles. The van der Waals surface area contributed by atoms with Crippen molar-refractivity contribution in [2.24, 2.45) is 0 Å². The Morgan fingerprint density at radius 3 is 2.38 bits per heavy atom. The van der Waals surface area contributed by atoms with Crippen LogP contribution in [0.1, 0.15) is 27.1 Å². The number of Topliss-reactive ketones (excluding diaryl/α,β-unsaturated/α-hetero) is 1. The highest BCUT2D eigenvalue weighted by molar-refractivity contribution is 8.00. The number of methoxy groups -OCH3 is 1. The fourth-order valence-corrected chi connectivity index (χ4v) is 4.55. The van der Waals surface area contributed by atoms with Crippen LogP contribution in [0.25, 0.3) is 0 Å². The van der Waals surface area contributed by atoms with E-state index in [-0.39, 0.29) is 29.6 Å². The maximum atomic E-state index is 12.8. The van der Waals surface area contributed by atoms with Crippen molar-refractivity contribution in [2.75, 3.05) is 18.6 Å². The molecule has 3 aromatic carbocycles. The third-order valence-electron chi connectivity index (χ3n) is 5.21. The molecule has 0 bridgehead atoms. The number of carbonyl (C=O) groups is 4. The first-order valence-electron chi connectivity index (χ1n) is 10.5. The van der Waals surface area contributed by atoms with Crippen LogP contribution in [0.2, 0.25) is 0 Å². The number of rotatable bonds is 8. The third-order valence-corrected chi connectivity index (χ3v) is 6.41. The van der Waals surface area contributed by atoms with Gasteiger partial charge in [0.05, 0.1) is 23.6 Å². The van der Waals surface area contributed by atoms with Crippen molar-refractivity contribution in [2.45, 2.75) is 16.6 Å². The summed E-state index contributed by atoms with van der Waals surface area (Å²) >= 11 is 1.35. The van der Waals surface area contributed by atoms with Gasteiger partial charge in [-0.15, -0.1) is 11.8 Å². The number of ether oxygens (including phenoxy) is 2. The van der Waals surface area contributed by atoms with E-state index in [9.17, 15) is 19.2 Å². The molecule has 0 radical (unpaired) electrons. The lowest BCUT2D eigenvalue weighted by Gasteiger charge is -2.15. The van der Waals surface area contributed by atoms with E-state index in [2.05, 4.69) is 0 Å². The van der Waals surface area contributed by atoms with Gasteiger partial charge in [-0.1, -0.05) is 30.3 Å². The molecule has 4 rings (SSSR count). The number of hydrogen-bond donors (Lipinski definition) is 0. The number of thioether (sulfide) groups is 1. The van der Waals surface area contributed by atoms with Gasteiger partial charge in [0.15, 0.2) is 12.4 Å². The summed E-state index contributed by atoms with van der Waals surface area (Å²) in [6, 6.07) is 22.0. The highest BCUT2D eigenvalue weighted by atomic mass is 32.2. The summed E-state index contributed by atoms with van der Waals surface area (Å²) < 4.78 is 10.2. The van der Waals surface area contributed by atoms with Crippen LogP contribution in [-0.2, 0) is 14.3 Å². The molecule has 1 unspecified atom stereocenters. The van der Waals surface area contributed by atoms with Gasteiger partial charge >= 0.3 is 5.97 Å². The van der Waals surface area contributed by atoms with E-state index in [4.69, 9.17) is 9.47 Å². The van der Waals surface area contributed by atoms with Gasteiger partial charge in [0.2, 0.25) is 11.8 Å². The molecule has 34 heavy (non-hydrogen) atoms. The van der Waals surface area contributed by atoms with Gasteiger partial charge in [-0.25, -0.2) is 9.69 Å². The third kappa shape index (κ3) is 5.18. The average Bonchev–Trinajstić information content (AvgIpc) is 3.15. The minimum atomic E-state index is -0.681. The molecular formula is C26H21NO6S. The molecule has 3 aromatic rings. The molecule has 1 aliphatic heterocycles. The Balaban J connectivity index is 1.37. The fourth-order valence-electron chi connectivity index (χ4n) is 3.47. The fraction of sp³-hybridized carbons (Fsp3) is 0.154. The Morgan fingerprint density at radius 1 is 0.941 bits per heavy atom. The van der Waals surface area contributed by atoms with Crippen molar-refractivity contribution in [1.82, 2.24) is 0 Å². The smallest absolute Gasteiger partial charge is 0.338 e. The predicted octanol–water partition coefficient (Wildman–Crippen LogP) is 4.16.